The molecule has 7 nitrogen and oxygen atoms in total. The van der Waals surface area contributed by atoms with Gasteiger partial charge in [-0.2, -0.15) is 0 Å². The molecule has 0 aromatic heterocycles. The minimum Gasteiger partial charge on any atom is -0.482 e. The molecule has 1 aromatic carbocycles. The molecule has 2 N–H and O–H groups in total. The van der Waals surface area contributed by atoms with Crippen LogP contribution in [0.1, 0.15) is 20.3 Å². The molecular weight excluding hydrogens is 286 g/mol. The lowest BCUT2D eigenvalue weighted by atomic mass is 10.2. The second kappa shape index (κ2) is 6.93. The third kappa shape index (κ3) is 3.75. The van der Waals surface area contributed by atoms with Crippen LogP contribution in [-0.2, 0) is 14.4 Å². The molecular formula is C15H19N3O4. The number of hydrogen-bond acceptors (Lipinski definition) is 4. The number of fused-ring (bicyclic) bond motifs is 1. The van der Waals surface area contributed by atoms with Crippen molar-refractivity contribution >= 4 is 29.1 Å². The third-order valence-electron chi connectivity index (χ3n) is 3.10. The standard InChI is InChI=1S/C15H19N3O4/c1-3-6-16-14(20)8-18-12-7-11(17-10(2)19)4-5-13(12)22-9-15(18)21/h4-5,7H,3,6,8-9H2,1-2H3,(H,16,20)(H,17,19). The number of rotatable bonds is 5. The first kappa shape index (κ1) is 15.8. The maximum atomic E-state index is 12.0. The molecule has 0 fully saturated rings. The number of anilines is 2. The quantitative estimate of drug-likeness (QED) is 0.846. The summed E-state index contributed by atoms with van der Waals surface area (Å²) in [6.45, 7) is 3.74. The molecule has 0 unspecified atom stereocenters. The lowest BCUT2D eigenvalue weighted by Crippen LogP contribution is -2.45. The van der Waals surface area contributed by atoms with E-state index in [4.69, 9.17) is 4.74 Å². The summed E-state index contributed by atoms with van der Waals surface area (Å²) in [5.74, 6) is -0.223. The van der Waals surface area contributed by atoms with E-state index in [2.05, 4.69) is 10.6 Å². The van der Waals surface area contributed by atoms with Gasteiger partial charge in [-0.25, -0.2) is 0 Å². The lowest BCUT2D eigenvalue weighted by molar-refractivity contribution is -0.125. The highest BCUT2D eigenvalue weighted by Crippen LogP contribution is 2.34. The summed E-state index contributed by atoms with van der Waals surface area (Å²) in [4.78, 5) is 36.4. The van der Waals surface area contributed by atoms with E-state index in [1.807, 2.05) is 6.92 Å². The van der Waals surface area contributed by atoms with Gasteiger partial charge in [0.1, 0.15) is 12.3 Å². The molecule has 0 atom stereocenters. The van der Waals surface area contributed by atoms with E-state index < -0.39 is 0 Å². The number of hydrogen-bond donors (Lipinski definition) is 2. The molecule has 0 spiro atoms. The molecule has 1 aliphatic heterocycles. The van der Waals surface area contributed by atoms with Crippen LogP contribution in [0, 0.1) is 0 Å². The van der Waals surface area contributed by atoms with Crippen LogP contribution in [0.15, 0.2) is 18.2 Å². The van der Waals surface area contributed by atoms with Crippen molar-refractivity contribution in [2.24, 2.45) is 0 Å². The summed E-state index contributed by atoms with van der Waals surface area (Å²) in [5.41, 5.74) is 1.03. The second-order valence-corrected chi connectivity index (χ2v) is 4.98. The van der Waals surface area contributed by atoms with Crippen LogP contribution >= 0.6 is 0 Å². The Kier molecular flexibility index (Phi) is 4.98. The highest BCUT2D eigenvalue weighted by molar-refractivity contribution is 6.03. The van der Waals surface area contributed by atoms with Gasteiger partial charge >= 0.3 is 0 Å². The Morgan fingerprint density at radius 2 is 2.14 bits per heavy atom. The fourth-order valence-electron chi connectivity index (χ4n) is 2.12. The number of carbonyl (C=O) groups is 3. The van der Waals surface area contributed by atoms with E-state index in [9.17, 15) is 14.4 Å². The largest absolute Gasteiger partial charge is 0.482 e. The maximum absolute atomic E-state index is 12.0. The number of nitrogens with zero attached hydrogens (tertiary/aromatic N) is 1. The van der Waals surface area contributed by atoms with Crippen LogP contribution in [-0.4, -0.2) is 37.4 Å². The summed E-state index contributed by atoms with van der Waals surface area (Å²) in [5, 5.41) is 5.38. The number of carbonyl (C=O) groups excluding carboxylic acids is 3. The molecule has 2 rings (SSSR count). The van der Waals surface area contributed by atoms with Crippen LogP contribution in [0.2, 0.25) is 0 Å². The average Bonchev–Trinajstić information content (AvgIpc) is 2.47. The van der Waals surface area contributed by atoms with Crippen molar-refractivity contribution in [3.05, 3.63) is 18.2 Å². The molecule has 0 aliphatic carbocycles. The van der Waals surface area contributed by atoms with Crippen molar-refractivity contribution in [1.82, 2.24) is 5.32 Å². The smallest absolute Gasteiger partial charge is 0.265 e. The Bertz CT molecular complexity index is 600. The molecule has 22 heavy (non-hydrogen) atoms. The van der Waals surface area contributed by atoms with Crippen LogP contribution in [0.25, 0.3) is 0 Å². The minimum atomic E-state index is -0.292. The molecule has 0 saturated heterocycles. The Morgan fingerprint density at radius 3 is 2.82 bits per heavy atom. The second-order valence-electron chi connectivity index (χ2n) is 4.98. The molecule has 0 saturated carbocycles. The highest BCUT2D eigenvalue weighted by atomic mass is 16.5. The molecule has 118 valence electrons. The maximum Gasteiger partial charge on any atom is 0.265 e. The zero-order chi connectivity index (χ0) is 16.1. The van der Waals surface area contributed by atoms with E-state index in [-0.39, 0.29) is 30.9 Å². The van der Waals surface area contributed by atoms with Crippen LogP contribution < -0.4 is 20.3 Å². The van der Waals surface area contributed by atoms with Crippen LogP contribution in [0.5, 0.6) is 5.75 Å². The van der Waals surface area contributed by atoms with E-state index in [1.165, 1.54) is 11.8 Å². The highest BCUT2D eigenvalue weighted by Gasteiger charge is 2.27. The predicted molar refractivity (Wildman–Crippen MR) is 81.9 cm³/mol. The Hall–Kier alpha value is -2.57. The van der Waals surface area contributed by atoms with Crippen molar-refractivity contribution in [2.45, 2.75) is 20.3 Å². The first-order chi connectivity index (χ1) is 10.5. The van der Waals surface area contributed by atoms with Crippen molar-refractivity contribution in [3.8, 4) is 5.75 Å². The van der Waals surface area contributed by atoms with Gasteiger partial charge in [-0.05, 0) is 24.6 Å². The third-order valence-corrected chi connectivity index (χ3v) is 3.10. The Balaban J connectivity index is 2.22. The molecule has 3 amide bonds. The normalized spacial score (nSPS) is 13.2. The van der Waals surface area contributed by atoms with Gasteiger partial charge in [0.15, 0.2) is 6.61 Å². The summed E-state index contributed by atoms with van der Waals surface area (Å²) >= 11 is 0. The monoisotopic (exact) mass is 305 g/mol. The number of ether oxygens (including phenoxy) is 1. The molecule has 0 bridgehead atoms. The first-order valence-electron chi connectivity index (χ1n) is 7.12. The Morgan fingerprint density at radius 1 is 1.36 bits per heavy atom. The van der Waals surface area contributed by atoms with Gasteiger partial charge in [-0.1, -0.05) is 6.92 Å². The van der Waals surface area contributed by atoms with Gasteiger partial charge in [-0.15, -0.1) is 0 Å². The van der Waals surface area contributed by atoms with Crippen LogP contribution in [0.3, 0.4) is 0 Å². The van der Waals surface area contributed by atoms with E-state index in [1.54, 1.807) is 18.2 Å². The zero-order valence-electron chi connectivity index (χ0n) is 12.6. The van der Waals surface area contributed by atoms with Gasteiger partial charge < -0.3 is 15.4 Å². The van der Waals surface area contributed by atoms with Gasteiger partial charge in [-0.3, -0.25) is 19.3 Å². The number of nitrogens with one attached hydrogen (secondary N) is 2. The summed E-state index contributed by atoms with van der Waals surface area (Å²) in [7, 11) is 0. The lowest BCUT2D eigenvalue weighted by Gasteiger charge is -2.29. The minimum absolute atomic E-state index is 0.0707. The van der Waals surface area contributed by atoms with E-state index in [0.29, 0.717) is 23.7 Å². The molecule has 7 heteroatoms. The molecule has 0 radical (unpaired) electrons. The molecule has 1 aromatic rings. The summed E-state index contributed by atoms with van der Waals surface area (Å²) in [6, 6.07) is 4.98. The average molecular weight is 305 g/mol. The fraction of sp³-hybridized carbons (Fsp3) is 0.400. The van der Waals surface area contributed by atoms with Gasteiger partial charge in [0, 0.05) is 19.2 Å². The van der Waals surface area contributed by atoms with E-state index >= 15 is 0 Å². The van der Waals surface area contributed by atoms with Gasteiger partial charge in [0.25, 0.3) is 5.91 Å². The van der Waals surface area contributed by atoms with Crippen LogP contribution in [0.4, 0.5) is 11.4 Å². The van der Waals surface area contributed by atoms with Crippen molar-refractivity contribution in [2.75, 3.05) is 29.9 Å². The number of benzene rings is 1. The summed E-state index contributed by atoms with van der Waals surface area (Å²) in [6.07, 6.45) is 0.825. The van der Waals surface area contributed by atoms with E-state index in [0.717, 1.165) is 6.42 Å². The fourth-order valence-corrected chi connectivity index (χ4v) is 2.12. The number of amides is 3. The first-order valence-corrected chi connectivity index (χ1v) is 7.12. The Labute approximate surface area is 128 Å². The predicted octanol–water partition coefficient (Wildman–Crippen LogP) is 0.897. The topological polar surface area (TPSA) is 87.7 Å². The zero-order valence-corrected chi connectivity index (χ0v) is 12.6. The van der Waals surface area contributed by atoms with Gasteiger partial charge in [0.05, 0.1) is 5.69 Å². The van der Waals surface area contributed by atoms with Crippen molar-refractivity contribution < 1.29 is 19.1 Å². The molecule has 1 aliphatic rings. The SMILES string of the molecule is CCCNC(=O)CN1C(=O)COc2ccc(NC(C)=O)cc21. The van der Waals surface area contributed by atoms with Crippen molar-refractivity contribution in [3.63, 3.8) is 0 Å². The molecule has 1 heterocycles. The van der Waals surface area contributed by atoms with Crippen molar-refractivity contribution in [1.29, 1.82) is 0 Å². The summed E-state index contributed by atoms with van der Waals surface area (Å²) < 4.78 is 5.35. The van der Waals surface area contributed by atoms with Gasteiger partial charge in [0.2, 0.25) is 11.8 Å².